The maximum atomic E-state index is 12.2. The Labute approximate surface area is 146 Å². The zero-order chi connectivity index (χ0) is 18.6. The molecule has 1 atom stereocenters. The molecule has 1 aromatic carbocycles. The molecule has 0 aromatic heterocycles. The van der Waals surface area contributed by atoms with Gasteiger partial charge >= 0.3 is 6.09 Å². The molecule has 1 heterocycles. The lowest BCUT2D eigenvalue weighted by Gasteiger charge is -2.40. The van der Waals surface area contributed by atoms with Crippen LogP contribution in [0.2, 0.25) is 0 Å². The summed E-state index contributed by atoms with van der Waals surface area (Å²) >= 11 is 0. The van der Waals surface area contributed by atoms with Crippen molar-refractivity contribution >= 4 is 17.9 Å². The van der Waals surface area contributed by atoms with Crippen LogP contribution in [0.4, 0.5) is 4.79 Å². The minimum absolute atomic E-state index is 0.241. The monoisotopic (exact) mass is 349 g/mol. The lowest BCUT2D eigenvalue weighted by molar-refractivity contribution is -0.130. The quantitative estimate of drug-likeness (QED) is 0.563. The van der Waals surface area contributed by atoms with Crippen LogP contribution >= 0.6 is 0 Å². The van der Waals surface area contributed by atoms with Crippen molar-refractivity contribution in [1.82, 2.24) is 15.7 Å². The summed E-state index contributed by atoms with van der Waals surface area (Å²) in [5, 5.41) is 11.3. The van der Waals surface area contributed by atoms with Gasteiger partial charge in [-0.05, 0) is 44.9 Å². The number of ether oxygens (including phenoxy) is 1. The maximum Gasteiger partial charge on any atom is 0.410 e. The molecule has 2 rings (SSSR count). The number of likely N-dealkylation sites (tertiary alicyclic amines) is 1. The molecular weight excluding hydrogens is 326 g/mol. The summed E-state index contributed by atoms with van der Waals surface area (Å²) in [6.07, 6.45) is 0.110. The third kappa shape index (κ3) is 4.93. The number of benzene rings is 1. The summed E-state index contributed by atoms with van der Waals surface area (Å²) < 4.78 is 5.28. The molecule has 0 radical (unpaired) electrons. The Morgan fingerprint density at radius 3 is 2.36 bits per heavy atom. The highest BCUT2D eigenvalue weighted by Crippen LogP contribution is 2.21. The van der Waals surface area contributed by atoms with Crippen molar-refractivity contribution in [3.63, 3.8) is 0 Å². The number of amides is 3. The van der Waals surface area contributed by atoms with Crippen LogP contribution in [0.5, 0.6) is 0 Å². The molecule has 0 saturated carbocycles. The summed E-state index contributed by atoms with van der Waals surface area (Å²) in [6.45, 7) is 6.11. The predicted octanol–water partition coefficient (Wildman–Crippen LogP) is 1.43. The Bertz CT molecular complexity index is 651. The fraction of sp³-hybridized carbons (Fsp3) is 0.471. The SMILES string of the molecule is CC(C)(C)OC(=O)N1CC[C@@H]1C(=O)NCc1ccc(C(=O)NO)cc1. The molecule has 1 aromatic rings. The third-order valence-electron chi connectivity index (χ3n) is 3.73. The van der Waals surface area contributed by atoms with E-state index in [1.165, 1.54) is 4.90 Å². The van der Waals surface area contributed by atoms with Gasteiger partial charge in [0, 0.05) is 18.7 Å². The number of hydroxylamine groups is 1. The summed E-state index contributed by atoms with van der Waals surface area (Å²) in [5.41, 5.74) is 2.06. The number of nitrogens with zero attached hydrogens (tertiary/aromatic N) is 1. The van der Waals surface area contributed by atoms with E-state index in [9.17, 15) is 14.4 Å². The molecule has 1 aliphatic heterocycles. The van der Waals surface area contributed by atoms with Gasteiger partial charge < -0.3 is 10.1 Å². The number of carbonyl (C=O) groups excluding carboxylic acids is 3. The van der Waals surface area contributed by atoms with E-state index >= 15 is 0 Å². The third-order valence-corrected chi connectivity index (χ3v) is 3.73. The van der Waals surface area contributed by atoms with Crippen molar-refractivity contribution in [2.24, 2.45) is 0 Å². The van der Waals surface area contributed by atoms with Gasteiger partial charge in [-0.2, -0.15) is 0 Å². The lowest BCUT2D eigenvalue weighted by Crippen LogP contribution is -2.59. The average Bonchev–Trinajstić information content (AvgIpc) is 2.49. The number of carbonyl (C=O) groups is 3. The van der Waals surface area contributed by atoms with Crippen LogP contribution in [0.25, 0.3) is 0 Å². The number of hydrogen-bond donors (Lipinski definition) is 3. The zero-order valence-electron chi connectivity index (χ0n) is 14.5. The molecule has 0 aliphatic carbocycles. The average molecular weight is 349 g/mol. The largest absolute Gasteiger partial charge is 0.444 e. The van der Waals surface area contributed by atoms with Gasteiger partial charge in [0.1, 0.15) is 11.6 Å². The molecule has 1 saturated heterocycles. The van der Waals surface area contributed by atoms with Gasteiger partial charge in [0.2, 0.25) is 5.91 Å². The molecule has 1 fully saturated rings. The van der Waals surface area contributed by atoms with Gasteiger partial charge in [0.05, 0.1) is 0 Å². The molecule has 0 unspecified atom stereocenters. The van der Waals surface area contributed by atoms with E-state index in [2.05, 4.69) is 5.32 Å². The molecule has 1 aliphatic rings. The minimum atomic E-state index is -0.601. The Morgan fingerprint density at radius 1 is 1.24 bits per heavy atom. The highest BCUT2D eigenvalue weighted by Gasteiger charge is 2.39. The van der Waals surface area contributed by atoms with E-state index in [0.717, 1.165) is 5.56 Å². The number of hydrogen-bond acceptors (Lipinski definition) is 5. The number of nitrogens with one attached hydrogen (secondary N) is 2. The van der Waals surface area contributed by atoms with Gasteiger partial charge in [0.25, 0.3) is 5.91 Å². The number of rotatable bonds is 4. The van der Waals surface area contributed by atoms with Gasteiger partial charge in [-0.1, -0.05) is 12.1 Å². The smallest absolute Gasteiger partial charge is 0.410 e. The van der Waals surface area contributed by atoms with Gasteiger partial charge in [-0.3, -0.25) is 19.7 Å². The Balaban J connectivity index is 1.86. The summed E-state index contributed by atoms with van der Waals surface area (Å²) in [4.78, 5) is 36.9. The second kappa shape index (κ2) is 7.52. The molecule has 3 N–H and O–H groups in total. The first kappa shape index (κ1) is 18.7. The first-order valence-corrected chi connectivity index (χ1v) is 8.02. The summed E-state index contributed by atoms with van der Waals surface area (Å²) in [7, 11) is 0. The molecule has 3 amide bonds. The molecule has 8 nitrogen and oxygen atoms in total. The molecule has 25 heavy (non-hydrogen) atoms. The van der Waals surface area contributed by atoms with Crippen LogP contribution in [-0.4, -0.2) is 46.2 Å². The van der Waals surface area contributed by atoms with Crippen LogP contribution in [0.3, 0.4) is 0 Å². The van der Waals surface area contributed by atoms with E-state index in [4.69, 9.17) is 9.94 Å². The van der Waals surface area contributed by atoms with Crippen molar-refractivity contribution in [3.8, 4) is 0 Å². The summed E-state index contributed by atoms with van der Waals surface area (Å²) in [6, 6.07) is 5.93. The van der Waals surface area contributed by atoms with E-state index in [1.807, 2.05) is 0 Å². The van der Waals surface area contributed by atoms with E-state index in [0.29, 0.717) is 18.5 Å². The highest BCUT2D eigenvalue weighted by molar-refractivity contribution is 5.93. The molecule has 0 spiro atoms. The maximum absolute atomic E-state index is 12.2. The minimum Gasteiger partial charge on any atom is -0.444 e. The first-order valence-electron chi connectivity index (χ1n) is 8.02. The normalized spacial score (nSPS) is 16.6. The summed E-state index contributed by atoms with van der Waals surface area (Å²) in [5.74, 6) is -0.840. The van der Waals surface area contributed by atoms with E-state index in [-0.39, 0.29) is 12.5 Å². The highest BCUT2D eigenvalue weighted by atomic mass is 16.6. The first-order chi connectivity index (χ1) is 11.7. The van der Waals surface area contributed by atoms with Crippen LogP contribution in [-0.2, 0) is 16.1 Å². The second-order valence-electron chi connectivity index (χ2n) is 6.83. The Kier molecular flexibility index (Phi) is 5.63. The van der Waals surface area contributed by atoms with Gasteiger partial charge in [-0.25, -0.2) is 10.3 Å². The standard InChI is InChI=1S/C17H23N3O5/c1-17(2,3)25-16(23)20-9-8-13(20)15(22)18-10-11-4-6-12(7-5-11)14(21)19-24/h4-7,13,24H,8-10H2,1-3H3,(H,18,22)(H,19,21)/t13-/m1/s1. The molecule has 136 valence electrons. The van der Waals surface area contributed by atoms with Crippen LogP contribution < -0.4 is 10.8 Å². The molecular formula is C17H23N3O5. The predicted molar refractivity (Wildman–Crippen MR) is 88.9 cm³/mol. The van der Waals surface area contributed by atoms with Crippen molar-refractivity contribution in [3.05, 3.63) is 35.4 Å². The van der Waals surface area contributed by atoms with Crippen LogP contribution in [0, 0.1) is 0 Å². The topological polar surface area (TPSA) is 108 Å². The van der Waals surface area contributed by atoms with E-state index < -0.39 is 23.6 Å². The lowest BCUT2D eigenvalue weighted by atomic mass is 10.0. The molecule has 8 heteroatoms. The fourth-order valence-electron chi connectivity index (χ4n) is 2.34. The van der Waals surface area contributed by atoms with Crippen molar-refractivity contribution in [2.75, 3.05) is 6.54 Å². The Hall–Kier alpha value is -2.61. The van der Waals surface area contributed by atoms with E-state index in [1.54, 1.807) is 50.5 Å². The zero-order valence-corrected chi connectivity index (χ0v) is 14.5. The van der Waals surface area contributed by atoms with Crippen molar-refractivity contribution < 1.29 is 24.3 Å². The molecule has 0 bridgehead atoms. The van der Waals surface area contributed by atoms with Crippen LogP contribution in [0.1, 0.15) is 43.1 Å². The van der Waals surface area contributed by atoms with Crippen molar-refractivity contribution in [1.29, 1.82) is 0 Å². The Morgan fingerprint density at radius 2 is 1.88 bits per heavy atom. The second-order valence-corrected chi connectivity index (χ2v) is 6.83. The fourth-order valence-corrected chi connectivity index (χ4v) is 2.34. The van der Waals surface area contributed by atoms with Crippen LogP contribution in [0.15, 0.2) is 24.3 Å². The van der Waals surface area contributed by atoms with Gasteiger partial charge in [-0.15, -0.1) is 0 Å². The van der Waals surface area contributed by atoms with Crippen molar-refractivity contribution in [2.45, 2.75) is 45.4 Å². The van der Waals surface area contributed by atoms with Gasteiger partial charge in [0.15, 0.2) is 0 Å².